The van der Waals surface area contributed by atoms with E-state index in [2.05, 4.69) is 0 Å². The Kier molecular flexibility index (Phi) is 40.6. The lowest BCUT2D eigenvalue weighted by Crippen LogP contribution is -2.66. The number of rotatable bonds is 40. The second-order valence-corrected chi connectivity index (χ2v) is 38.8. The molecule has 2 amide bonds. The Bertz CT molecular complexity index is 3930. The molecule has 1 aromatic rings. The maximum absolute atomic E-state index is 14.2. The monoisotopic (exact) mass is 2020 g/mol. The fraction of sp³-hybridized carbons (Fsp3) is 0.902. The van der Waals surface area contributed by atoms with Crippen LogP contribution in [0.2, 0.25) is 0 Å². The van der Waals surface area contributed by atoms with E-state index < -0.39 is 382 Å². The van der Waals surface area contributed by atoms with Crippen LogP contribution < -0.4 is 0 Å². The lowest BCUT2D eigenvalue weighted by molar-refractivity contribution is -0.401. The Morgan fingerprint density at radius 2 is 0.557 bits per heavy atom. The van der Waals surface area contributed by atoms with E-state index in [-0.39, 0.29) is 43.3 Å². The highest BCUT2D eigenvalue weighted by molar-refractivity contribution is 6.21. The van der Waals surface area contributed by atoms with E-state index in [9.17, 15) is 85.9 Å². The number of hydrogen-bond donors (Lipinski definition) is 14. The zero-order valence-electron chi connectivity index (χ0n) is 82.2. The molecule has 0 aromatic heterocycles. The van der Waals surface area contributed by atoms with Crippen molar-refractivity contribution < 1.29 is 228 Å². The molecule has 0 saturated carbocycles. The minimum absolute atomic E-state index is 0.00391. The summed E-state index contributed by atoms with van der Waals surface area (Å²) in [5, 5.41) is 154. The van der Waals surface area contributed by atoms with Gasteiger partial charge in [-0.3, -0.25) is 19.3 Å². The molecular weight excluding hydrogens is 1870 g/mol. The predicted molar refractivity (Wildman–Crippen MR) is 466 cm³/mol. The molecule has 0 bridgehead atoms. The first-order valence-corrected chi connectivity index (χ1v) is 48.0. The molecule has 48 heteroatoms. The smallest absolute Gasteiger partial charge is 0.295 e. The van der Waals surface area contributed by atoms with Crippen LogP contribution >= 0.6 is 0 Å². The molecule has 12 heterocycles. The number of carbonyl (C=O) groups excluding carboxylic acids is 3. The molecule has 48 nitrogen and oxygen atoms in total. The molecule has 55 atom stereocenters. The van der Waals surface area contributed by atoms with Gasteiger partial charge in [-0.05, 0) is 36.8 Å². The van der Waals surface area contributed by atoms with Crippen LogP contribution in [0, 0.1) is 59.2 Å². The Morgan fingerprint density at radius 3 is 0.971 bits per heavy atom. The molecule has 22 unspecified atom stereocenters. The van der Waals surface area contributed by atoms with E-state index in [4.69, 9.17) is 142 Å². The van der Waals surface area contributed by atoms with Crippen molar-refractivity contribution >= 4 is 18.3 Å². The molecule has 14 N–H and O–H groups in total. The highest BCUT2D eigenvalue weighted by Gasteiger charge is 2.62. The van der Waals surface area contributed by atoms with Crippen LogP contribution in [0.1, 0.15) is 96.9 Å². The van der Waals surface area contributed by atoms with E-state index in [1.807, 2.05) is 48.5 Å². The van der Waals surface area contributed by atoms with Crippen molar-refractivity contribution in [2.45, 2.75) is 353 Å². The van der Waals surface area contributed by atoms with Gasteiger partial charge in [0.05, 0.1) is 113 Å². The zero-order valence-corrected chi connectivity index (χ0v) is 82.2. The van der Waals surface area contributed by atoms with Crippen molar-refractivity contribution in [2.75, 3.05) is 116 Å². The molecule has 0 spiro atoms. The van der Waals surface area contributed by atoms with Crippen LogP contribution in [0.3, 0.4) is 0 Å². The van der Waals surface area contributed by atoms with Crippen LogP contribution in [0.4, 0.5) is 0 Å². The summed E-state index contributed by atoms with van der Waals surface area (Å²) in [4.78, 5) is 41.8. The van der Waals surface area contributed by atoms with Gasteiger partial charge < -0.3 is 214 Å². The number of imide groups is 1. The Hall–Kier alpha value is -3.89. The van der Waals surface area contributed by atoms with Gasteiger partial charge in [0, 0.05) is 98.3 Å². The molecule has 12 aliphatic heterocycles. The summed E-state index contributed by atoms with van der Waals surface area (Å²) in [7, 11) is 11.6. The summed E-state index contributed by atoms with van der Waals surface area (Å²) in [6, 6.07) is 6.29. The summed E-state index contributed by atoms with van der Waals surface area (Å²) in [5.74, 6) is -6.94. The molecule has 804 valence electrons. The standard InChI is InChI=1S/C92H149NO47/c1-34-37(4)81(121-47(24-93-79(109)45-22-20-21-23-46(45)80(93)110)65(34)132-87-63(107)59(103)77(51(28-97)125-87)138-86-61(105)57(101)56(100)48(25-94)122-86)130-68-40(7)72(116-17)91(129-54(68)31-112-13)134-67-36(3)39(6)83(127-53(67)30-111-12)131-69-41(8)71(115-16)90(128-55(69)32-113-14)133-66-35(2)38(5)82(123-49(66)26-95)135-74-42(9)73(117-18)92(140-89(74)119-33-99)139-78-52(29-98)126-88(64(108)60(78)104)136-75-44(11)120-84(43(10)70(75)114-15)137-76-50(27-96)124-85(118-19)62(106)58(76)102/h20-23,33-44,47-78,81-92,94-98,100-108H,24-32H2,1-19H3/t34-,35-,36?,37?,38?,39?,40+,41?,42-,43?,44+,47?,48+,49?,50?,51+,52+,53+,54?,55+,56-,57?,58-,59?,60?,61?,62?,63?,64?,65+,66+,67+,68+,69+,70?,71?,72?,73?,74+,75-,76-,77-,78-,81-,82-,83-,84+,85+,86-,87+,88-,89?,90+,91+,92-/m1/s1. The number of methoxy groups -OCH3 is 8. The van der Waals surface area contributed by atoms with Crippen LogP contribution in [0.5, 0.6) is 0 Å². The van der Waals surface area contributed by atoms with Crippen molar-refractivity contribution in [1.82, 2.24) is 4.90 Å². The third-order valence-electron chi connectivity index (χ3n) is 30.4. The summed E-state index contributed by atoms with van der Waals surface area (Å²) in [6.07, 6.45) is -58.4. The third kappa shape index (κ3) is 23.3. The lowest BCUT2D eigenvalue weighted by atomic mass is 9.83. The number of ether oxygens (including phenoxy) is 30. The van der Waals surface area contributed by atoms with E-state index >= 15 is 0 Å². The molecule has 1 aromatic carbocycles. The number of hydrogen-bond acceptors (Lipinski definition) is 47. The van der Waals surface area contributed by atoms with Gasteiger partial charge in [-0.25, -0.2) is 0 Å². The van der Waals surface area contributed by atoms with E-state index in [0.29, 0.717) is 0 Å². The molecule has 0 aliphatic carbocycles. The molecule has 140 heavy (non-hydrogen) atoms. The summed E-state index contributed by atoms with van der Waals surface area (Å²) in [5.41, 5.74) is 0.300. The largest absolute Gasteiger partial charge is 0.435 e. The van der Waals surface area contributed by atoms with E-state index in [1.165, 1.54) is 69.0 Å². The SMILES string of the molecule is COCC1O[C@@H](O[C@H]2C(C)C(C)[C@@H](O[C@H]3C(C)C(OC)[C@H](O[C@@H]4C(CO)O[C@H](O[C@@H]5C(OC=O)O[C@@H](O[C@H]6C(O)C(O)[C@@H](O[C@H]7C(OC)C(C)[C@H](O[C@@H]8C(CO)O[C@H](OC)C(O)[C@H]8O)O[C@H]7C)O[C@H]6CO)C(OC)[C@H]5C)C(C)[C@H]4C)O[C@H]3COC)O[C@H]2COC)C(OC)[C@@H](C)[C@@H]1O[C@H]1OC(CN2C(=O)c3ccccc3C2=O)[C@@H](O[C@@H]2O[C@@H](CO)[C@@H](O[C@H]3O[C@@H](CO)[C@@H](O)C(O)C3O)C(O)C2O)[C@H](C)C1C. The number of amides is 2. The minimum Gasteiger partial charge on any atom is -0.435 e. The van der Waals surface area contributed by atoms with Gasteiger partial charge in [0.25, 0.3) is 18.3 Å². The normalized spacial score (nSPS) is 48.8. The first kappa shape index (κ1) is 113. The van der Waals surface area contributed by atoms with Crippen molar-refractivity contribution in [3.63, 3.8) is 0 Å². The third-order valence-corrected chi connectivity index (χ3v) is 30.4. The summed E-state index contributed by atoms with van der Waals surface area (Å²) in [6.45, 7) is 16.2. The van der Waals surface area contributed by atoms with Gasteiger partial charge in [0.1, 0.15) is 159 Å². The highest BCUT2D eigenvalue weighted by atomic mass is 16.8. The minimum atomic E-state index is -1.96. The van der Waals surface area contributed by atoms with Crippen molar-refractivity contribution in [3.8, 4) is 0 Å². The van der Waals surface area contributed by atoms with Crippen molar-refractivity contribution in [1.29, 1.82) is 0 Å². The maximum Gasteiger partial charge on any atom is 0.295 e. The fourth-order valence-corrected chi connectivity index (χ4v) is 21.5. The predicted octanol–water partition coefficient (Wildman–Crippen LogP) is -4.52. The molecular formula is C92H149NO47. The number of nitrogens with zero attached hydrogens (tertiary/aromatic N) is 1. The van der Waals surface area contributed by atoms with Crippen molar-refractivity contribution in [3.05, 3.63) is 35.4 Å². The molecule has 12 aliphatic rings. The van der Waals surface area contributed by atoms with Gasteiger partial charge in [-0.2, -0.15) is 0 Å². The highest BCUT2D eigenvalue weighted by Crippen LogP contribution is 2.48. The number of fused-ring (bicyclic) bond motifs is 1. The lowest BCUT2D eigenvalue weighted by Gasteiger charge is -2.52. The second kappa shape index (κ2) is 50.2. The average molecular weight is 2020 g/mol. The number of benzene rings is 1. The number of aliphatic hydroxyl groups is 14. The first-order valence-electron chi connectivity index (χ1n) is 48.0. The van der Waals surface area contributed by atoms with Crippen LogP contribution in [0.25, 0.3) is 0 Å². The van der Waals surface area contributed by atoms with E-state index in [0.717, 1.165) is 4.90 Å². The average Bonchev–Trinajstić information content (AvgIpc) is 1.28. The number of carbonyl (C=O) groups is 3. The summed E-state index contributed by atoms with van der Waals surface area (Å²) >= 11 is 0. The molecule has 11 fully saturated rings. The second-order valence-electron chi connectivity index (χ2n) is 38.8. The van der Waals surface area contributed by atoms with Crippen molar-refractivity contribution in [2.24, 2.45) is 59.2 Å². The Morgan fingerprint density at radius 1 is 0.264 bits per heavy atom. The van der Waals surface area contributed by atoms with Gasteiger partial charge in [0.2, 0.25) is 6.29 Å². The topological polar surface area (TPSA) is 615 Å². The fourth-order valence-electron chi connectivity index (χ4n) is 21.5. The van der Waals surface area contributed by atoms with E-state index in [1.54, 1.807) is 39.8 Å². The van der Waals surface area contributed by atoms with Gasteiger partial charge in [-0.15, -0.1) is 0 Å². The summed E-state index contributed by atoms with van der Waals surface area (Å²) < 4.78 is 189. The van der Waals surface area contributed by atoms with Gasteiger partial charge >= 0.3 is 0 Å². The van der Waals surface area contributed by atoms with Gasteiger partial charge in [-0.1, -0.05) is 81.4 Å². The van der Waals surface area contributed by atoms with Crippen LogP contribution in [-0.4, -0.2) is 488 Å². The zero-order chi connectivity index (χ0) is 102. The molecule has 11 saturated heterocycles. The molecule has 13 rings (SSSR count). The van der Waals surface area contributed by atoms with Crippen LogP contribution in [0.15, 0.2) is 24.3 Å². The van der Waals surface area contributed by atoms with Crippen LogP contribution in [-0.2, 0) is 147 Å². The molecule has 0 radical (unpaired) electrons. The number of aliphatic hydroxyl groups excluding tert-OH is 14. The quantitative estimate of drug-likeness (QED) is 0.0217. The Balaban J connectivity index is 0.631. The first-order chi connectivity index (χ1) is 66.9. The Labute approximate surface area is 812 Å². The maximum atomic E-state index is 14.2. The van der Waals surface area contributed by atoms with Gasteiger partial charge in [0.15, 0.2) is 69.2 Å².